The summed E-state index contributed by atoms with van der Waals surface area (Å²) in [5.74, 6) is -0.644. The first-order valence-electron chi connectivity index (χ1n) is 8.17. The van der Waals surface area contributed by atoms with Crippen molar-refractivity contribution in [1.29, 1.82) is 0 Å². The smallest absolute Gasteiger partial charge is 0.303 e. The predicted molar refractivity (Wildman–Crippen MR) is 87.4 cm³/mol. The maximum atomic E-state index is 11.2. The van der Waals surface area contributed by atoms with Crippen LogP contribution in [0.2, 0.25) is 0 Å². The first-order chi connectivity index (χ1) is 11.3. The quantitative estimate of drug-likeness (QED) is 0.765. The zero-order chi connectivity index (χ0) is 17.3. The van der Waals surface area contributed by atoms with Crippen LogP contribution in [0, 0.1) is 5.92 Å². The molecule has 24 heavy (non-hydrogen) atoms. The maximum Gasteiger partial charge on any atom is 0.303 e. The molecule has 0 aromatic carbocycles. The highest BCUT2D eigenvalue weighted by molar-refractivity contribution is 5.67. The second kappa shape index (κ2) is 6.35. The summed E-state index contributed by atoms with van der Waals surface area (Å²) in [7, 11) is 0. The summed E-state index contributed by atoms with van der Waals surface area (Å²) >= 11 is 0. The van der Waals surface area contributed by atoms with Crippen molar-refractivity contribution in [2.45, 2.75) is 45.1 Å². The summed E-state index contributed by atoms with van der Waals surface area (Å²) < 4.78 is 0. The number of carboxylic acids is 1. The van der Waals surface area contributed by atoms with Crippen molar-refractivity contribution in [3.63, 3.8) is 0 Å². The maximum absolute atomic E-state index is 11.2. The molecule has 2 aromatic heterocycles. The van der Waals surface area contributed by atoms with Crippen LogP contribution in [0.3, 0.4) is 0 Å². The van der Waals surface area contributed by atoms with E-state index in [0.717, 1.165) is 36.7 Å². The Morgan fingerprint density at radius 1 is 1.38 bits per heavy atom. The van der Waals surface area contributed by atoms with Crippen molar-refractivity contribution in [3.05, 3.63) is 29.3 Å². The van der Waals surface area contributed by atoms with Crippen LogP contribution in [0.4, 0.5) is 0 Å². The average molecular weight is 332 g/mol. The number of nitrogens with one attached hydrogen (secondary N) is 2. The lowest BCUT2D eigenvalue weighted by atomic mass is 9.91. The second-order valence-corrected chi connectivity index (χ2v) is 7.58. The molecule has 0 bridgehead atoms. The van der Waals surface area contributed by atoms with E-state index in [2.05, 4.69) is 57.3 Å². The number of carbonyl (C=O) groups is 1. The van der Waals surface area contributed by atoms with E-state index in [9.17, 15) is 9.90 Å². The highest BCUT2D eigenvalue weighted by Gasteiger charge is 2.36. The van der Waals surface area contributed by atoms with Gasteiger partial charge in [0.15, 0.2) is 0 Å². The molecule has 0 unspecified atom stereocenters. The minimum absolute atomic E-state index is 0.00878. The van der Waals surface area contributed by atoms with Crippen molar-refractivity contribution in [3.8, 4) is 0 Å². The molecular weight excluding hydrogens is 308 g/mol. The molecule has 1 aliphatic heterocycles. The summed E-state index contributed by atoms with van der Waals surface area (Å²) in [5.41, 5.74) is 2.93. The first-order valence-corrected chi connectivity index (χ1v) is 8.17. The van der Waals surface area contributed by atoms with Gasteiger partial charge in [0.1, 0.15) is 0 Å². The largest absolute Gasteiger partial charge is 0.481 e. The standard InChI is InChI=1S/C16H24N6O2/c1-16(2,3)14-5-11(18-20-14)8-22-7-10(4-15(23)24)12(9-22)13-6-17-21-19-13/h5-6,10,12H,4,7-9H2,1-3H3,(H,18,20)(H,23,24)(H,17,19,21)/t10-,12+/m1/s1. The Hall–Kier alpha value is -2.22. The van der Waals surface area contributed by atoms with E-state index in [1.165, 1.54) is 0 Å². The highest BCUT2D eigenvalue weighted by atomic mass is 16.4. The van der Waals surface area contributed by atoms with E-state index >= 15 is 0 Å². The number of aromatic nitrogens is 5. The fourth-order valence-corrected chi connectivity index (χ4v) is 3.31. The molecule has 0 aliphatic carbocycles. The van der Waals surface area contributed by atoms with Crippen LogP contribution in [-0.4, -0.2) is 54.7 Å². The molecule has 8 heteroatoms. The molecule has 130 valence electrons. The molecule has 8 nitrogen and oxygen atoms in total. The SMILES string of the molecule is CC(C)(C)c1cc(CN2C[C@@H](CC(=O)O)[C@@H](c3cn[nH]n3)C2)[nH]n1. The van der Waals surface area contributed by atoms with Crippen LogP contribution in [-0.2, 0) is 16.8 Å². The van der Waals surface area contributed by atoms with Crippen molar-refractivity contribution in [2.75, 3.05) is 13.1 Å². The van der Waals surface area contributed by atoms with E-state index in [1.807, 2.05) is 0 Å². The van der Waals surface area contributed by atoms with Gasteiger partial charge in [-0.25, -0.2) is 0 Å². The molecular formula is C16H24N6O2. The van der Waals surface area contributed by atoms with Crippen LogP contribution in [0.5, 0.6) is 0 Å². The van der Waals surface area contributed by atoms with Crippen LogP contribution in [0.1, 0.15) is 50.2 Å². The van der Waals surface area contributed by atoms with Gasteiger partial charge in [-0.3, -0.25) is 14.8 Å². The zero-order valence-electron chi connectivity index (χ0n) is 14.3. The van der Waals surface area contributed by atoms with Crippen LogP contribution in [0.15, 0.2) is 12.3 Å². The molecule has 3 heterocycles. The van der Waals surface area contributed by atoms with Gasteiger partial charge in [-0.1, -0.05) is 20.8 Å². The Morgan fingerprint density at radius 3 is 2.75 bits per heavy atom. The number of carboxylic acid groups (broad SMARTS) is 1. The van der Waals surface area contributed by atoms with E-state index in [-0.39, 0.29) is 23.7 Å². The number of hydrogen-bond acceptors (Lipinski definition) is 5. The van der Waals surface area contributed by atoms with E-state index in [4.69, 9.17) is 0 Å². The topological polar surface area (TPSA) is 111 Å². The van der Waals surface area contributed by atoms with Crippen LogP contribution >= 0.6 is 0 Å². The average Bonchev–Trinajstić information content (AvgIpc) is 3.17. The summed E-state index contributed by atoms with van der Waals surface area (Å²) in [5, 5.41) is 27.3. The number of hydrogen-bond donors (Lipinski definition) is 3. The Kier molecular flexibility index (Phi) is 4.40. The summed E-state index contributed by atoms with van der Waals surface area (Å²) in [6, 6.07) is 2.09. The molecule has 0 amide bonds. The minimum Gasteiger partial charge on any atom is -0.481 e. The zero-order valence-corrected chi connectivity index (χ0v) is 14.3. The summed E-state index contributed by atoms with van der Waals surface area (Å²) in [6.07, 6.45) is 1.83. The van der Waals surface area contributed by atoms with Crippen molar-refractivity contribution in [1.82, 2.24) is 30.5 Å². The molecule has 1 saturated heterocycles. The molecule has 0 saturated carbocycles. The number of nitrogens with zero attached hydrogens (tertiary/aromatic N) is 4. The number of likely N-dealkylation sites (tertiary alicyclic amines) is 1. The molecule has 3 N–H and O–H groups in total. The molecule has 2 atom stereocenters. The van der Waals surface area contributed by atoms with Crippen LogP contribution < -0.4 is 0 Å². The molecule has 2 aromatic rings. The lowest BCUT2D eigenvalue weighted by molar-refractivity contribution is -0.138. The van der Waals surface area contributed by atoms with Gasteiger partial charge in [0.05, 0.1) is 24.0 Å². The molecule has 0 spiro atoms. The van der Waals surface area contributed by atoms with Crippen LogP contribution in [0.25, 0.3) is 0 Å². The Balaban J connectivity index is 1.71. The van der Waals surface area contributed by atoms with Gasteiger partial charge < -0.3 is 5.11 Å². The van der Waals surface area contributed by atoms with Crippen molar-refractivity contribution >= 4 is 5.97 Å². The predicted octanol–water partition coefficient (Wildman–Crippen LogP) is 1.52. The third kappa shape index (κ3) is 3.64. The third-order valence-electron chi connectivity index (χ3n) is 4.56. The third-order valence-corrected chi connectivity index (χ3v) is 4.56. The monoisotopic (exact) mass is 332 g/mol. The summed E-state index contributed by atoms with van der Waals surface area (Å²) in [4.78, 5) is 13.4. The normalized spacial score (nSPS) is 22.1. The molecule has 0 radical (unpaired) electrons. The Morgan fingerprint density at radius 2 is 2.17 bits per heavy atom. The van der Waals surface area contributed by atoms with Gasteiger partial charge in [-0.15, -0.1) is 0 Å². The summed E-state index contributed by atoms with van der Waals surface area (Å²) in [6.45, 7) is 8.63. The van der Waals surface area contributed by atoms with Gasteiger partial charge in [0.2, 0.25) is 0 Å². The Labute approximate surface area is 140 Å². The fraction of sp³-hybridized carbons (Fsp3) is 0.625. The minimum atomic E-state index is -0.771. The molecule has 1 fully saturated rings. The van der Waals surface area contributed by atoms with E-state index in [1.54, 1.807) is 6.20 Å². The van der Waals surface area contributed by atoms with Gasteiger partial charge >= 0.3 is 5.97 Å². The number of aliphatic carboxylic acids is 1. The van der Waals surface area contributed by atoms with Gasteiger partial charge in [0, 0.05) is 36.7 Å². The number of rotatable bonds is 5. The van der Waals surface area contributed by atoms with Crippen molar-refractivity contribution < 1.29 is 9.90 Å². The first kappa shape index (κ1) is 16.6. The molecule has 3 rings (SSSR count). The highest BCUT2D eigenvalue weighted by Crippen LogP contribution is 2.34. The lowest BCUT2D eigenvalue weighted by Crippen LogP contribution is -2.21. The molecule has 1 aliphatic rings. The lowest BCUT2D eigenvalue weighted by Gasteiger charge is -2.15. The number of H-pyrrole nitrogens is 2. The van der Waals surface area contributed by atoms with Crippen molar-refractivity contribution in [2.24, 2.45) is 5.92 Å². The van der Waals surface area contributed by atoms with E-state index in [0.29, 0.717) is 0 Å². The Bertz CT molecular complexity index is 688. The van der Waals surface area contributed by atoms with Gasteiger partial charge in [-0.05, 0) is 12.0 Å². The number of aromatic amines is 2. The second-order valence-electron chi connectivity index (χ2n) is 7.58. The fourth-order valence-electron chi connectivity index (χ4n) is 3.31. The van der Waals surface area contributed by atoms with Gasteiger partial charge in [0.25, 0.3) is 0 Å². The van der Waals surface area contributed by atoms with E-state index < -0.39 is 5.97 Å². The van der Waals surface area contributed by atoms with Gasteiger partial charge in [-0.2, -0.15) is 20.5 Å².